The summed E-state index contributed by atoms with van der Waals surface area (Å²) in [6, 6.07) is 9.63. The Labute approximate surface area is 115 Å². The van der Waals surface area contributed by atoms with Crippen LogP contribution in [0, 0.1) is 25.2 Å². The molecule has 0 aliphatic rings. The van der Waals surface area contributed by atoms with Crippen molar-refractivity contribution >= 4 is 34.2 Å². The fraction of sp³-hybridized carbons (Fsp3) is 0.143. The molecule has 0 fully saturated rings. The first-order chi connectivity index (χ1) is 8.61. The van der Waals surface area contributed by atoms with Crippen molar-refractivity contribution in [2.75, 3.05) is 0 Å². The summed E-state index contributed by atoms with van der Waals surface area (Å²) in [7, 11) is 0. The maximum atomic E-state index is 9.11. The molecule has 0 N–H and O–H groups in total. The lowest BCUT2D eigenvalue weighted by atomic mass is 10.2. The lowest BCUT2D eigenvalue weighted by Crippen LogP contribution is -1.79. The lowest BCUT2D eigenvalue weighted by Gasteiger charge is -1.93. The van der Waals surface area contributed by atoms with Gasteiger partial charge in [0.1, 0.15) is 11.1 Å². The number of hydrogen-bond donors (Lipinski definition) is 0. The fourth-order valence-corrected chi connectivity index (χ4v) is 2.59. The SMILES string of the molecule is Cc1sc(/N=C\c2ccc(Cl)cc2)c(C#N)c1C. The summed E-state index contributed by atoms with van der Waals surface area (Å²) < 4.78 is 0. The molecular formula is C14H11ClN2S. The molecule has 1 aromatic heterocycles. The van der Waals surface area contributed by atoms with Crippen molar-refractivity contribution in [1.29, 1.82) is 5.26 Å². The zero-order chi connectivity index (χ0) is 13.1. The maximum absolute atomic E-state index is 9.11. The Morgan fingerprint density at radius 2 is 1.94 bits per heavy atom. The van der Waals surface area contributed by atoms with E-state index in [9.17, 15) is 0 Å². The first-order valence-corrected chi connectivity index (χ1v) is 6.61. The van der Waals surface area contributed by atoms with Gasteiger partial charge in [0.05, 0.1) is 5.56 Å². The van der Waals surface area contributed by atoms with Crippen LogP contribution in [-0.4, -0.2) is 6.21 Å². The lowest BCUT2D eigenvalue weighted by molar-refractivity contribution is 1.38. The van der Waals surface area contributed by atoms with E-state index in [0.29, 0.717) is 10.6 Å². The molecule has 0 saturated carbocycles. The summed E-state index contributed by atoms with van der Waals surface area (Å²) in [4.78, 5) is 5.52. The van der Waals surface area contributed by atoms with E-state index in [-0.39, 0.29) is 0 Å². The third-order valence-electron chi connectivity index (χ3n) is 2.68. The Morgan fingerprint density at radius 1 is 1.28 bits per heavy atom. The second kappa shape index (κ2) is 5.34. The standard InChI is InChI=1S/C14H11ClN2S/c1-9-10(2)18-14(13(9)7-16)17-8-11-3-5-12(15)6-4-11/h3-6,8H,1-2H3/b17-8-. The van der Waals surface area contributed by atoms with Crippen LogP contribution < -0.4 is 0 Å². The average molecular weight is 275 g/mol. The van der Waals surface area contributed by atoms with E-state index in [1.54, 1.807) is 17.6 Å². The highest BCUT2D eigenvalue weighted by atomic mass is 35.5. The molecule has 0 radical (unpaired) electrons. The number of nitriles is 1. The van der Waals surface area contributed by atoms with Gasteiger partial charge in [0.2, 0.25) is 0 Å². The smallest absolute Gasteiger partial charge is 0.134 e. The van der Waals surface area contributed by atoms with Gasteiger partial charge < -0.3 is 0 Å². The van der Waals surface area contributed by atoms with E-state index in [4.69, 9.17) is 16.9 Å². The monoisotopic (exact) mass is 274 g/mol. The molecule has 0 aliphatic carbocycles. The first-order valence-electron chi connectivity index (χ1n) is 5.41. The number of halogens is 1. The minimum absolute atomic E-state index is 0.669. The van der Waals surface area contributed by atoms with Gasteiger partial charge in [-0.2, -0.15) is 5.26 Å². The normalized spacial score (nSPS) is 10.8. The van der Waals surface area contributed by atoms with Crippen molar-refractivity contribution in [1.82, 2.24) is 0 Å². The summed E-state index contributed by atoms with van der Waals surface area (Å²) in [5, 5.41) is 10.6. The van der Waals surface area contributed by atoms with Crippen LogP contribution in [0.25, 0.3) is 0 Å². The molecule has 0 unspecified atom stereocenters. The van der Waals surface area contributed by atoms with Gasteiger partial charge in [0.15, 0.2) is 0 Å². The van der Waals surface area contributed by atoms with Crippen molar-refractivity contribution < 1.29 is 0 Å². The Morgan fingerprint density at radius 3 is 2.56 bits per heavy atom. The predicted octanol–water partition coefficient (Wildman–Crippen LogP) is 4.64. The summed E-state index contributed by atoms with van der Waals surface area (Å²) >= 11 is 7.36. The van der Waals surface area contributed by atoms with E-state index in [1.165, 1.54) is 0 Å². The highest BCUT2D eigenvalue weighted by molar-refractivity contribution is 7.16. The number of nitrogens with zero attached hydrogens (tertiary/aromatic N) is 2. The molecule has 2 rings (SSSR count). The fourth-order valence-electron chi connectivity index (χ4n) is 1.51. The van der Waals surface area contributed by atoms with Gasteiger partial charge >= 0.3 is 0 Å². The van der Waals surface area contributed by atoms with Crippen LogP contribution in [0.3, 0.4) is 0 Å². The second-order valence-corrected chi connectivity index (χ2v) is 5.52. The number of thiophene rings is 1. The number of aryl methyl sites for hydroxylation is 1. The number of benzene rings is 1. The van der Waals surface area contributed by atoms with E-state index in [1.807, 2.05) is 38.1 Å². The van der Waals surface area contributed by atoms with Crippen LogP contribution in [-0.2, 0) is 0 Å². The van der Waals surface area contributed by atoms with E-state index in [2.05, 4.69) is 11.1 Å². The number of aliphatic imine (C=N–C) groups is 1. The molecule has 18 heavy (non-hydrogen) atoms. The topological polar surface area (TPSA) is 36.1 Å². The minimum atomic E-state index is 0.669. The van der Waals surface area contributed by atoms with E-state index < -0.39 is 0 Å². The number of hydrogen-bond acceptors (Lipinski definition) is 3. The Bertz CT molecular complexity index is 633. The van der Waals surface area contributed by atoms with Crippen molar-refractivity contribution in [2.45, 2.75) is 13.8 Å². The average Bonchev–Trinajstić information content (AvgIpc) is 2.64. The van der Waals surface area contributed by atoms with Gasteiger partial charge in [-0.1, -0.05) is 23.7 Å². The highest BCUT2D eigenvalue weighted by Gasteiger charge is 2.10. The molecule has 0 spiro atoms. The molecular weight excluding hydrogens is 264 g/mol. The zero-order valence-electron chi connectivity index (χ0n) is 10.1. The highest BCUT2D eigenvalue weighted by Crippen LogP contribution is 2.33. The molecule has 1 aromatic carbocycles. The van der Waals surface area contributed by atoms with Crippen LogP contribution in [0.2, 0.25) is 5.02 Å². The Hall–Kier alpha value is -1.63. The van der Waals surface area contributed by atoms with Crippen LogP contribution in [0.1, 0.15) is 21.6 Å². The number of rotatable bonds is 2. The predicted molar refractivity (Wildman–Crippen MR) is 77.2 cm³/mol. The molecule has 4 heteroatoms. The molecule has 2 aromatic rings. The molecule has 0 saturated heterocycles. The summed E-state index contributed by atoms with van der Waals surface area (Å²) in [6.45, 7) is 3.95. The maximum Gasteiger partial charge on any atom is 0.134 e. The Kier molecular flexibility index (Phi) is 3.81. The van der Waals surface area contributed by atoms with Gasteiger partial charge in [0.25, 0.3) is 0 Å². The molecule has 1 heterocycles. The van der Waals surface area contributed by atoms with E-state index >= 15 is 0 Å². The van der Waals surface area contributed by atoms with Gasteiger partial charge in [-0.15, -0.1) is 11.3 Å². The second-order valence-electron chi connectivity index (χ2n) is 3.88. The van der Waals surface area contributed by atoms with Crippen LogP contribution in [0.5, 0.6) is 0 Å². The first kappa shape index (κ1) is 12.8. The minimum Gasteiger partial charge on any atom is -0.244 e. The van der Waals surface area contributed by atoms with Crippen LogP contribution in [0.4, 0.5) is 5.00 Å². The van der Waals surface area contributed by atoms with Crippen LogP contribution in [0.15, 0.2) is 29.3 Å². The largest absolute Gasteiger partial charge is 0.244 e. The zero-order valence-corrected chi connectivity index (χ0v) is 11.6. The van der Waals surface area contributed by atoms with Crippen LogP contribution >= 0.6 is 22.9 Å². The van der Waals surface area contributed by atoms with Crippen molar-refractivity contribution in [3.8, 4) is 6.07 Å². The molecule has 2 nitrogen and oxygen atoms in total. The molecule has 0 amide bonds. The van der Waals surface area contributed by atoms with Crippen molar-refractivity contribution in [3.05, 3.63) is 50.9 Å². The third kappa shape index (κ3) is 2.61. The van der Waals surface area contributed by atoms with Crippen molar-refractivity contribution in [2.24, 2.45) is 4.99 Å². The molecule has 0 bridgehead atoms. The summed E-state index contributed by atoms with van der Waals surface area (Å²) in [6.07, 6.45) is 1.75. The van der Waals surface area contributed by atoms with Gasteiger partial charge in [-0.3, -0.25) is 0 Å². The van der Waals surface area contributed by atoms with Gasteiger partial charge in [-0.05, 0) is 37.1 Å². The molecule has 0 atom stereocenters. The Balaban J connectivity index is 2.32. The van der Waals surface area contributed by atoms with Crippen molar-refractivity contribution in [3.63, 3.8) is 0 Å². The third-order valence-corrected chi connectivity index (χ3v) is 4.05. The van der Waals surface area contributed by atoms with E-state index in [0.717, 1.165) is 21.0 Å². The molecule has 0 aliphatic heterocycles. The summed E-state index contributed by atoms with van der Waals surface area (Å²) in [5.74, 6) is 0. The molecule has 90 valence electrons. The van der Waals surface area contributed by atoms with Gasteiger partial charge in [-0.25, -0.2) is 4.99 Å². The quantitative estimate of drug-likeness (QED) is 0.735. The summed E-state index contributed by atoms with van der Waals surface area (Å²) in [5.41, 5.74) is 2.65. The van der Waals surface area contributed by atoms with Gasteiger partial charge in [0, 0.05) is 16.1 Å².